The highest BCUT2D eigenvalue weighted by Gasteiger charge is 2.19. The summed E-state index contributed by atoms with van der Waals surface area (Å²) in [7, 11) is 0. The second-order valence-electron chi connectivity index (χ2n) is 3.80. The van der Waals surface area contributed by atoms with E-state index in [4.69, 9.17) is 16.7 Å². The molecule has 6 heteroatoms. The van der Waals surface area contributed by atoms with Crippen molar-refractivity contribution in [3.05, 3.63) is 47.5 Å². The minimum absolute atomic E-state index is 0.231. The van der Waals surface area contributed by atoms with Crippen LogP contribution in [0.1, 0.15) is 5.56 Å². The Bertz CT molecular complexity index is 448. The van der Waals surface area contributed by atoms with E-state index in [1.165, 1.54) is 11.6 Å². The molecule has 0 bridgehead atoms. The summed E-state index contributed by atoms with van der Waals surface area (Å²) in [6, 6.07) is 7.59. The summed E-state index contributed by atoms with van der Waals surface area (Å²) in [5.74, 6) is -1.08. The van der Waals surface area contributed by atoms with E-state index in [2.05, 4.69) is 10.6 Å². The van der Waals surface area contributed by atoms with Crippen LogP contribution in [0.3, 0.4) is 0 Å². The van der Waals surface area contributed by atoms with Crippen LogP contribution >= 0.6 is 11.6 Å². The highest BCUT2D eigenvalue weighted by Crippen LogP contribution is 2.03. The number of carbonyl (C=O) groups is 2. The van der Waals surface area contributed by atoms with Gasteiger partial charge in [-0.15, -0.1) is 0 Å². The van der Waals surface area contributed by atoms with Crippen molar-refractivity contribution in [2.45, 2.75) is 12.5 Å². The third-order valence-electron chi connectivity index (χ3n) is 2.36. The largest absolute Gasteiger partial charge is 0.480 e. The molecule has 102 valence electrons. The van der Waals surface area contributed by atoms with E-state index in [9.17, 15) is 9.59 Å². The van der Waals surface area contributed by atoms with Gasteiger partial charge in [0.1, 0.15) is 6.04 Å². The van der Waals surface area contributed by atoms with Gasteiger partial charge in [0.05, 0.1) is 0 Å². The number of hydrogen-bond acceptors (Lipinski definition) is 2. The zero-order valence-corrected chi connectivity index (χ0v) is 10.9. The zero-order valence-electron chi connectivity index (χ0n) is 10.2. The molecule has 3 N–H and O–H groups in total. The highest BCUT2D eigenvalue weighted by molar-refractivity contribution is 6.25. The molecule has 0 fully saturated rings. The molecule has 0 heterocycles. The predicted octanol–water partition coefficient (Wildman–Crippen LogP) is 1.73. The molecular weight excluding hydrogens is 268 g/mol. The minimum Gasteiger partial charge on any atom is -0.480 e. The Morgan fingerprint density at radius 2 is 2.00 bits per heavy atom. The summed E-state index contributed by atoms with van der Waals surface area (Å²) in [5.41, 5.74) is 2.12. The van der Waals surface area contributed by atoms with Gasteiger partial charge in [0.2, 0.25) is 0 Å². The summed E-state index contributed by atoms with van der Waals surface area (Å²) in [4.78, 5) is 22.6. The van der Waals surface area contributed by atoms with Crippen LogP contribution in [0.2, 0.25) is 0 Å². The van der Waals surface area contributed by atoms with Crippen LogP contribution in [0, 0.1) is 0 Å². The molecule has 0 aromatic heterocycles. The fourth-order valence-electron chi connectivity index (χ4n) is 1.46. The van der Waals surface area contributed by atoms with Gasteiger partial charge in [0.15, 0.2) is 0 Å². The molecule has 1 aromatic carbocycles. The quantitative estimate of drug-likeness (QED) is 0.743. The van der Waals surface area contributed by atoms with Crippen LogP contribution in [-0.2, 0) is 11.2 Å². The summed E-state index contributed by atoms with van der Waals surface area (Å²) in [6.07, 6.45) is 1.77. The maximum absolute atomic E-state index is 11.5. The molecule has 0 aliphatic carbocycles. The lowest BCUT2D eigenvalue weighted by Gasteiger charge is -2.14. The van der Waals surface area contributed by atoms with Crippen molar-refractivity contribution in [1.82, 2.24) is 10.6 Å². The Balaban J connectivity index is 2.54. The summed E-state index contributed by atoms with van der Waals surface area (Å²) in [6.45, 7) is 0.243. The molecule has 2 amide bonds. The van der Waals surface area contributed by atoms with Gasteiger partial charge in [-0.05, 0) is 5.56 Å². The number of hydrogen-bond donors (Lipinski definition) is 3. The van der Waals surface area contributed by atoms with Crippen molar-refractivity contribution in [2.24, 2.45) is 0 Å². The van der Waals surface area contributed by atoms with E-state index >= 15 is 0 Å². The number of rotatable bonds is 6. The van der Waals surface area contributed by atoms with E-state index in [-0.39, 0.29) is 13.0 Å². The number of aliphatic carboxylic acids is 1. The van der Waals surface area contributed by atoms with Gasteiger partial charge in [0.25, 0.3) is 0 Å². The Kier molecular flexibility index (Phi) is 6.46. The maximum atomic E-state index is 11.5. The standard InChI is InChI=1S/C13H15ClN2O3/c14-7-4-8-15-13(19)16-11(12(17)18)9-10-5-2-1-3-6-10/h1-7,11H,8-9H2,(H,17,18)(H2,15,16,19)/b7-4+. The summed E-state index contributed by atoms with van der Waals surface area (Å²) >= 11 is 5.30. The van der Waals surface area contributed by atoms with Crippen LogP contribution in [0.4, 0.5) is 4.79 Å². The molecule has 1 rings (SSSR count). The maximum Gasteiger partial charge on any atom is 0.326 e. The Morgan fingerprint density at radius 3 is 2.58 bits per heavy atom. The Labute approximate surface area is 116 Å². The number of urea groups is 1. The fraction of sp³-hybridized carbons (Fsp3) is 0.231. The molecule has 0 aliphatic rings. The molecule has 0 aliphatic heterocycles. The molecule has 1 unspecified atom stereocenters. The van der Waals surface area contributed by atoms with Crippen molar-refractivity contribution in [3.8, 4) is 0 Å². The van der Waals surface area contributed by atoms with Crippen molar-refractivity contribution in [2.75, 3.05) is 6.54 Å². The second-order valence-corrected chi connectivity index (χ2v) is 4.05. The normalized spacial score (nSPS) is 12.1. The first kappa shape index (κ1) is 15.0. The van der Waals surface area contributed by atoms with Gasteiger partial charge in [0, 0.05) is 18.5 Å². The molecule has 19 heavy (non-hydrogen) atoms. The van der Waals surface area contributed by atoms with Crippen LogP contribution < -0.4 is 10.6 Å². The molecule has 1 atom stereocenters. The third kappa shape index (κ3) is 5.92. The number of benzene rings is 1. The summed E-state index contributed by atoms with van der Waals surface area (Å²) in [5, 5.41) is 13.9. The van der Waals surface area contributed by atoms with Gasteiger partial charge in [-0.25, -0.2) is 9.59 Å². The van der Waals surface area contributed by atoms with Crippen molar-refractivity contribution in [1.29, 1.82) is 0 Å². The smallest absolute Gasteiger partial charge is 0.326 e. The van der Waals surface area contributed by atoms with Gasteiger partial charge < -0.3 is 15.7 Å². The van der Waals surface area contributed by atoms with E-state index in [0.717, 1.165) is 5.56 Å². The molecule has 5 nitrogen and oxygen atoms in total. The number of carboxylic acids is 1. The first-order valence-corrected chi connectivity index (χ1v) is 6.13. The number of nitrogens with one attached hydrogen (secondary N) is 2. The third-order valence-corrected chi connectivity index (χ3v) is 2.53. The topological polar surface area (TPSA) is 78.4 Å². The number of halogens is 1. The van der Waals surface area contributed by atoms with E-state index in [1.54, 1.807) is 0 Å². The monoisotopic (exact) mass is 282 g/mol. The lowest BCUT2D eigenvalue weighted by atomic mass is 10.1. The zero-order chi connectivity index (χ0) is 14.1. The Hall–Kier alpha value is -2.01. The van der Waals surface area contributed by atoms with Crippen molar-refractivity contribution >= 4 is 23.6 Å². The van der Waals surface area contributed by atoms with Crippen molar-refractivity contribution in [3.63, 3.8) is 0 Å². The minimum atomic E-state index is -1.08. The van der Waals surface area contributed by atoms with E-state index in [1.807, 2.05) is 30.3 Å². The average Bonchev–Trinajstić information content (AvgIpc) is 2.39. The first-order chi connectivity index (χ1) is 9.13. The van der Waals surface area contributed by atoms with Gasteiger partial charge in [-0.1, -0.05) is 48.0 Å². The number of carboxylic acid groups (broad SMARTS) is 1. The van der Waals surface area contributed by atoms with Crippen LogP contribution in [0.5, 0.6) is 0 Å². The molecule has 0 saturated carbocycles. The van der Waals surface area contributed by atoms with Crippen molar-refractivity contribution < 1.29 is 14.7 Å². The average molecular weight is 283 g/mol. The van der Waals surface area contributed by atoms with Crippen LogP contribution in [0.25, 0.3) is 0 Å². The van der Waals surface area contributed by atoms with Gasteiger partial charge >= 0.3 is 12.0 Å². The summed E-state index contributed by atoms with van der Waals surface area (Å²) < 4.78 is 0. The molecular formula is C13H15ClN2O3. The SMILES string of the molecule is O=C(NC/C=C/Cl)NC(Cc1ccccc1)C(=O)O. The molecule has 0 saturated heterocycles. The van der Waals surface area contributed by atoms with Gasteiger partial charge in [-0.2, -0.15) is 0 Å². The second kappa shape index (κ2) is 8.16. The first-order valence-electron chi connectivity index (χ1n) is 5.70. The van der Waals surface area contributed by atoms with Crippen LogP contribution in [-0.4, -0.2) is 29.7 Å². The van der Waals surface area contributed by atoms with Crippen LogP contribution in [0.15, 0.2) is 41.9 Å². The van der Waals surface area contributed by atoms with Gasteiger partial charge in [-0.3, -0.25) is 0 Å². The number of carbonyl (C=O) groups excluding carboxylic acids is 1. The van der Waals surface area contributed by atoms with E-state index < -0.39 is 18.0 Å². The molecule has 0 spiro atoms. The molecule has 0 radical (unpaired) electrons. The highest BCUT2D eigenvalue weighted by atomic mass is 35.5. The lowest BCUT2D eigenvalue weighted by molar-refractivity contribution is -0.139. The Morgan fingerprint density at radius 1 is 1.32 bits per heavy atom. The fourth-order valence-corrected chi connectivity index (χ4v) is 1.54. The van der Waals surface area contributed by atoms with E-state index in [0.29, 0.717) is 0 Å². The molecule has 1 aromatic rings. The number of amides is 2. The predicted molar refractivity (Wildman–Crippen MR) is 73.1 cm³/mol. The lowest BCUT2D eigenvalue weighted by Crippen LogP contribution is -2.47.